The standard InChI is InChI=1S/C60H39N5/c1-60(2)46-23-10-6-20-42(46)55-47(60)24-15-29-53(55)64-52-33-31-38(35-45(52)58-56-41(22-14-28-54(56)64)39-18-7-11-25-48(39)61-58)37-30-32-51-44(34-37)40-19-9-13-27-50(40)65(51)59-62-49-26-12-8-21-43(49)57(63-59)36-16-4-3-5-17-36/h3-35H,1-2H3. The minimum atomic E-state index is -0.127. The Morgan fingerprint density at radius 1 is 0.385 bits per heavy atom. The van der Waals surface area contributed by atoms with E-state index >= 15 is 0 Å². The van der Waals surface area contributed by atoms with E-state index in [1.54, 1.807) is 0 Å². The Morgan fingerprint density at radius 3 is 1.91 bits per heavy atom. The molecule has 5 nitrogen and oxygen atoms in total. The third-order valence-electron chi connectivity index (χ3n) is 14.1. The Hall–Kier alpha value is -8.41. The van der Waals surface area contributed by atoms with E-state index in [4.69, 9.17) is 15.0 Å². The lowest BCUT2D eigenvalue weighted by atomic mass is 9.82. The Bertz CT molecular complexity index is 3990. The number of pyridine rings is 1. The highest BCUT2D eigenvalue weighted by molar-refractivity contribution is 6.21. The fourth-order valence-electron chi connectivity index (χ4n) is 11.1. The maximum Gasteiger partial charge on any atom is 0.235 e. The molecule has 0 atom stereocenters. The molecule has 1 aliphatic carbocycles. The van der Waals surface area contributed by atoms with E-state index in [0.29, 0.717) is 5.95 Å². The maximum absolute atomic E-state index is 5.50. The Balaban J connectivity index is 0.992. The lowest BCUT2D eigenvalue weighted by Crippen LogP contribution is -2.18. The summed E-state index contributed by atoms with van der Waals surface area (Å²) in [6.45, 7) is 4.71. The molecule has 4 heterocycles. The molecule has 5 heteroatoms. The van der Waals surface area contributed by atoms with Gasteiger partial charge >= 0.3 is 0 Å². The number of rotatable bonds is 4. The summed E-state index contributed by atoms with van der Waals surface area (Å²) in [6, 6.07) is 72.3. The van der Waals surface area contributed by atoms with Crippen molar-refractivity contribution >= 4 is 71.4 Å². The lowest BCUT2D eigenvalue weighted by molar-refractivity contribution is 0.660. The largest absolute Gasteiger partial charge is 0.308 e. The maximum atomic E-state index is 5.50. The average molecular weight is 830 g/mol. The fraction of sp³-hybridized carbons (Fsp3) is 0.0500. The molecule has 304 valence electrons. The molecule has 2 aliphatic rings. The first-order valence-corrected chi connectivity index (χ1v) is 22.4. The van der Waals surface area contributed by atoms with Gasteiger partial charge in [-0.25, -0.2) is 15.0 Å². The molecule has 0 saturated heterocycles. The normalized spacial score (nSPS) is 13.5. The van der Waals surface area contributed by atoms with Crippen LogP contribution < -0.4 is 4.90 Å². The van der Waals surface area contributed by atoms with E-state index in [0.717, 1.165) is 88.6 Å². The van der Waals surface area contributed by atoms with Crippen LogP contribution in [0.2, 0.25) is 0 Å². The summed E-state index contributed by atoms with van der Waals surface area (Å²) in [5, 5.41) is 6.86. The molecular formula is C60H39N5. The van der Waals surface area contributed by atoms with Crippen molar-refractivity contribution in [3.63, 3.8) is 0 Å². The summed E-state index contributed by atoms with van der Waals surface area (Å²) in [5.74, 6) is 0.652. The predicted molar refractivity (Wildman–Crippen MR) is 269 cm³/mol. The smallest absolute Gasteiger partial charge is 0.235 e. The SMILES string of the molecule is CC1(C)c2ccccc2-c2c(N3c4ccc(-c5ccc6c(c5)c5ccccc5n6-c5nc(-c6ccccc6)c6ccccc6n5)cc4-c4nc5ccccc5c5cccc3c45)cccc21. The van der Waals surface area contributed by atoms with Gasteiger partial charge in [0.25, 0.3) is 0 Å². The van der Waals surface area contributed by atoms with E-state index in [1.165, 1.54) is 38.7 Å². The van der Waals surface area contributed by atoms with Crippen LogP contribution in [-0.2, 0) is 5.41 Å². The van der Waals surface area contributed by atoms with Crippen molar-refractivity contribution in [1.82, 2.24) is 19.5 Å². The Morgan fingerprint density at radius 2 is 1.03 bits per heavy atom. The summed E-state index contributed by atoms with van der Waals surface area (Å²) in [7, 11) is 0. The van der Waals surface area contributed by atoms with Gasteiger partial charge in [0.2, 0.25) is 5.95 Å². The van der Waals surface area contributed by atoms with Crippen molar-refractivity contribution in [3.8, 4) is 50.7 Å². The number of fused-ring (bicyclic) bond motifs is 11. The van der Waals surface area contributed by atoms with Gasteiger partial charge in [0.05, 0.1) is 50.5 Å². The number of aromatic nitrogens is 4. The molecule has 14 rings (SSSR count). The van der Waals surface area contributed by atoms with Crippen molar-refractivity contribution in [2.45, 2.75) is 19.3 Å². The first-order valence-electron chi connectivity index (χ1n) is 22.4. The van der Waals surface area contributed by atoms with Gasteiger partial charge in [0.15, 0.2) is 0 Å². The van der Waals surface area contributed by atoms with E-state index in [2.05, 4.69) is 211 Å². The van der Waals surface area contributed by atoms with Crippen molar-refractivity contribution in [3.05, 3.63) is 211 Å². The topological polar surface area (TPSA) is 46.8 Å². The van der Waals surface area contributed by atoms with E-state index in [1.807, 2.05) is 12.1 Å². The first kappa shape index (κ1) is 36.1. The molecule has 0 fully saturated rings. The zero-order valence-electron chi connectivity index (χ0n) is 35.8. The zero-order valence-corrected chi connectivity index (χ0v) is 35.8. The summed E-state index contributed by atoms with van der Waals surface area (Å²) >= 11 is 0. The predicted octanol–water partition coefficient (Wildman–Crippen LogP) is 15.5. The van der Waals surface area contributed by atoms with Gasteiger partial charge in [-0.2, -0.15) is 0 Å². The van der Waals surface area contributed by atoms with Gasteiger partial charge in [-0.15, -0.1) is 0 Å². The number of hydrogen-bond donors (Lipinski definition) is 0. The van der Waals surface area contributed by atoms with Crippen LogP contribution >= 0.6 is 0 Å². The highest BCUT2D eigenvalue weighted by Crippen LogP contribution is 2.58. The molecule has 0 saturated carbocycles. The monoisotopic (exact) mass is 829 g/mol. The van der Waals surface area contributed by atoms with E-state index in [-0.39, 0.29) is 5.41 Å². The number of nitrogens with zero attached hydrogens (tertiary/aromatic N) is 5. The lowest BCUT2D eigenvalue weighted by Gasteiger charge is -2.35. The van der Waals surface area contributed by atoms with Crippen molar-refractivity contribution in [1.29, 1.82) is 0 Å². The second kappa shape index (κ2) is 13.3. The van der Waals surface area contributed by atoms with Crippen LogP contribution in [-0.4, -0.2) is 19.5 Å². The van der Waals surface area contributed by atoms with Gasteiger partial charge in [-0.1, -0.05) is 159 Å². The summed E-state index contributed by atoms with van der Waals surface area (Å²) < 4.78 is 2.22. The third kappa shape index (κ3) is 5.06. The van der Waals surface area contributed by atoms with Crippen LogP contribution in [0.1, 0.15) is 25.0 Å². The number of anilines is 3. The van der Waals surface area contributed by atoms with Crippen LogP contribution in [0, 0.1) is 0 Å². The molecule has 12 aromatic rings. The Labute approximate surface area is 375 Å². The van der Waals surface area contributed by atoms with Crippen molar-refractivity contribution in [2.24, 2.45) is 0 Å². The molecule has 65 heavy (non-hydrogen) atoms. The minimum absolute atomic E-state index is 0.127. The highest BCUT2D eigenvalue weighted by Gasteiger charge is 2.39. The van der Waals surface area contributed by atoms with Crippen molar-refractivity contribution in [2.75, 3.05) is 4.90 Å². The van der Waals surface area contributed by atoms with Crippen LogP contribution in [0.15, 0.2) is 200 Å². The highest BCUT2D eigenvalue weighted by atomic mass is 15.2. The van der Waals surface area contributed by atoms with Gasteiger partial charge < -0.3 is 4.90 Å². The molecule has 0 amide bonds. The second-order valence-corrected chi connectivity index (χ2v) is 18.0. The fourth-order valence-corrected chi connectivity index (χ4v) is 11.1. The molecule has 0 unspecified atom stereocenters. The summed E-state index contributed by atoms with van der Waals surface area (Å²) in [6.07, 6.45) is 0. The van der Waals surface area contributed by atoms with Crippen LogP contribution in [0.4, 0.5) is 17.1 Å². The minimum Gasteiger partial charge on any atom is -0.308 e. The molecule has 3 aromatic heterocycles. The summed E-state index contributed by atoms with van der Waals surface area (Å²) in [4.78, 5) is 18.5. The Kier molecular flexibility index (Phi) is 7.39. The molecule has 0 bridgehead atoms. The van der Waals surface area contributed by atoms with Gasteiger partial charge in [0.1, 0.15) is 0 Å². The molecular weight excluding hydrogens is 791 g/mol. The molecule has 0 spiro atoms. The first-order chi connectivity index (χ1) is 32.0. The molecule has 0 N–H and O–H groups in total. The van der Waals surface area contributed by atoms with E-state index in [9.17, 15) is 0 Å². The van der Waals surface area contributed by atoms with Crippen molar-refractivity contribution < 1.29 is 0 Å². The molecule has 0 radical (unpaired) electrons. The van der Waals surface area contributed by atoms with Crippen LogP contribution in [0.25, 0.3) is 105 Å². The average Bonchev–Trinajstić information content (AvgIpc) is 3.82. The number of para-hydroxylation sites is 3. The van der Waals surface area contributed by atoms with Gasteiger partial charge in [0, 0.05) is 49.0 Å². The number of benzene rings is 9. The van der Waals surface area contributed by atoms with Gasteiger partial charge in [-0.3, -0.25) is 4.57 Å². The van der Waals surface area contributed by atoms with Crippen LogP contribution in [0.3, 0.4) is 0 Å². The zero-order chi connectivity index (χ0) is 43.0. The molecule has 9 aromatic carbocycles. The summed E-state index contributed by atoms with van der Waals surface area (Å²) in [5.41, 5.74) is 19.0. The van der Waals surface area contributed by atoms with Gasteiger partial charge in [-0.05, 0) is 87.8 Å². The third-order valence-corrected chi connectivity index (χ3v) is 14.1. The number of hydrogen-bond acceptors (Lipinski definition) is 4. The molecule has 1 aliphatic heterocycles. The quantitative estimate of drug-likeness (QED) is 0.166. The van der Waals surface area contributed by atoms with Crippen LogP contribution in [0.5, 0.6) is 0 Å². The second-order valence-electron chi connectivity index (χ2n) is 18.0. The van der Waals surface area contributed by atoms with E-state index < -0.39 is 0 Å².